The van der Waals surface area contributed by atoms with Crippen LogP contribution < -0.4 is 14.8 Å². The molecule has 3 rings (SSSR count). The van der Waals surface area contributed by atoms with E-state index in [-0.39, 0.29) is 19.1 Å². The second-order valence-electron chi connectivity index (χ2n) is 6.09. The average molecular weight is 402 g/mol. The average Bonchev–Trinajstić information content (AvgIpc) is 3.16. The molecule has 0 saturated heterocycles. The predicted molar refractivity (Wildman–Crippen MR) is 107 cm³/mol. The van der Waals surface area contributed by atoms with Crippen molar-refractivity contribution in [3.63, 3.8) is 0 Å². The van der Waals surface area contributed by atoms with E-state index in [1.165, 1.54) is 0 Å². The summed E-state index contributed by atoms with van der Waals surface area (Å²) in [6.07, 6.45) is 0. The smallest absolute Gasteiger partial charge is 0.262 e. The highest BCUT2D eigenvalue weighted by atomic mass is 35.5. The molecule has 0 radical (unpaired) electrons. The summed E-state index contributed by atoms with van der Waals surface area (Å²) in [7, 11) is 1.55. The molecular weight excluding hydrogens is 382 g/mol. The molecule has 3 aromatic rings. The van der Waals surface area contributed by atoms with E-state index >= 15 is 0 Å². The van der Waals surface area contributed by atoms with Gasteiger partial charge in [0.2, 0.25) is 0 Å². The molecule has 0 aliphatic rings. The number of carbonyl (C=O) groups is 1. The van der Waals surface area contributed by atoms with Crippen molar-refractivity contribution in [2.24, 2.45) is 0 Å². The van der Waals surface area contributed by atoms with Gasteiger partial charge in [0.05, 0.1) is 12.7 Å². The Bertz CT molecular complexity index is 983. The Morgan fingerprint density at radius 3 is 2.61 bits per heavy atom. The van der Waals surface area contributed by atoms with Crippen LogP contribution in [0.2, 0.25) is 5.02 Å². The molecular formula is C21H20ClNO5. The summed E-state index contributed by atoms with van der Waals surface area (Å²) in [6, 6.07) is 13.8. The number of benzene rings is 2. The van der Waals surface area contributed by atoms with E-state index in [0.29, 0.717) is 39.3 Å². The first-order valence-electron chi connectivity index (χ1n) is 8.57. The van der Waals surface area contributed by atoms with Gasteiger partial charge in [0.25, 0.3) is 5.91 Å². The first-order valence-corrected chi connectivity index (χ1v) is 8.94. The second kappa shape index (κ2) is 8.82. The number of amides is 1. The molecule has 146 valence electrons. The topological polar surface area (TPSA) is 80.9 Å². The van der Waals surface area contributed by atoms with E-state index in [2.05, 4.69) is 5.32 Å². The summed E-state index contributed by atoms with van der Waals surface area (Å²) in [4.78, 5) is 12.3. The van der Waals surface area contributed by atoms with Gasteiger partial charge in [-0.3, -0.25) is 4.79 Å². The number of aliphatic hydroxyl groups excluding tert-OH is 1. The van der Waals surface area contributed by atoms with Gasteiger partial charge in [-0.25, -0.2) is 0 Å². The first kappa shape index (κ1) is 19.8. The summed E-state index contributed by atoms with van der Waals surface area (Å²) in [5, 5.41) is 12.6. The first-order chi connectivity index (χ1) is 13.5. The van der Waals surface area contributed by atoms with Gasteiger partial charge in [-0.1, -0.05) is 11.6 Å². The number of carbonyl (C=O) groups excluding carboxylic acids is 1. The Morgan fingerprint density at radius 2 is 1.93 bits per heavy atom. The number of methoxy groups -OCH3 is 1. The summed E-state index contributed by atoms with van der Waals surface area (Å²) in [6.45, 7) is 1.53. The Morgan fingerprint density at radius 1 is 1.14 bits per heavy atom. The van der Waals surface area contributed by atoms with Crippen LogP contribution in [0.15, 0.2) is 52.9 Å². The van der Waals surface area contributed by atoms with Crippen molar-refractivity contribution in [2.45, 2.75) is 13.5 Å². The normalized spacial score (nSPS) is 10.6. The molecule has 0 bridgehead atoms. The summed E-state index contributed by atoms with van der Waals surface area (Å²) < 4.78 is 16.5. The molecule has 1 heterocycles. The molecule has 2 aromatic carbocycles. The summed E-state index contributed by atoms with van der Waals surface area (Å²) >= 11 is 5.92. The van der Waals surface area contributed by atoms with Gasteiger partial charge in [0.1, 0.15) is 29.6 Å². The number of hydrogen-bond donors (Lipinski definition) is 2. The lowest BCUT2D eigenvalue weighted by atomic mass is 10.1. The van der Waals surface area contributed by atoms with Crippen LogP contribution in [0, 0.1) is 6.92 Å². The number of anilines is 1. The summed E-state index contributed by atoms with van der Waals surface area (Å²) in [5.74, 6) is 1.86. The molecule has 7 heteroatoms. The maximum Gasteiger partial charge on any atom is 0.262 e. The van der Waals surface area contributed by atoms with Gasteiger partial charge < -0.3 is 24.3 Å². The van der Waals surface area contributed by atoms with Crippen molar-refractivity contribution in [3.8, 4) is 22.8 Å². The molecule has 0 atom stereocenters. The van der Waals surface area contributed by atoms with Gasteiger partial charge in [-0.05, 0) is 61.0 Å². The van der Waals surface area contributed by atoms with Crippen molar-refractivity contribution in [1.29, 1.82) is 0 Å². The van der Waals surface area contributed by atoms with Crippen LogP contribution in [0.3, 0.4) is 0 Å². The van der Waals surface area contributed by atoms with Gasteiger partial charge in [0, 0.05) is 10.7 Å². The van der Waals surface area contributed by atoms with Crippen LogP contribution in [0.4, 0.5) is 5.69 Å². The highest BCUT2D eigenvalue weighted by Gasteiger charge is 2.13. The molecule has 6 nitrogen and oxygen atoms in total. The monoisotopic (exact) mass is 401 g/mol. The van der Waals surface area contributed by atoms with Crippen LogP contribution in [0.1, 0.15) is 11.3 Å². The number of aliphatic hydroxyl groups is 1. The molecule has 0 spiro atoms. The lowest BCUT2D eigenvalue weighted by molar-refractivity contribution is -0.118. The number of nitrogens with one attached hydrogen (secondary N) is 1. The number of furan rings is 1. The lowest BCUT2D eigenvalue weighted by Crippen LogP contribution is -2.20. The molecule has 0 unspecified atom stereocenters. The van der Waals surface area contributed by atoms with E-state index in [1.807, 2.05) is 6.92 Å². The number of hydrogen-bond acceptors (Lipinski definition) is 5. The van der Waals surface area contributed by atoms with Crippen LogP contribution in [0.5, 0.6) is 11.5 Å². The minimum atomic E-state index is -0.305. The molecule has 0 saturated carbocycles. The van der Waals surface area contributed by atoms with Gasteiger partial charge in [-0.15, -0.1) is 0 Å². The third-order valence-corrected chi connectivity index (χ3v) is 4.30. The molecule has 1 amide bonds. The van der Waals surface area contributed by atoms with E-state index in [4.69, 9.17) is 25.5 Å². The van der Waals surface area contributed by atoms with E-state index < -0.39 is 0 Å². The zero-order valence-electron chi connectivity index (χ0n) is 15.5. The maximum absolute atomic E-state index is 12.3. The highest BCUT2D eigenvalue weighted by molar-refractivity contribution is 6.30. The number of halogens is 1. The molecule has 0 fully saturated rings. The molecule has 1 aromatic heterocycles. The van der Waals surface area contributed by atoms with E-state index in [9.17, 15) is 9.90 Å². The fourth-order valence-corrected chi connectivity index (χ4v) is 2.93. The van der Waals surface area contributed by atoms with E-state index in [0.717, 1.165) is 5.56 Å². The van der Waals surface area contributed by atoms with Crippen molar-refractivity contribution in [1.82, 2.24) is 0 Å². The minimum absolute atomic E-state index is 0.140. The maximum atomic E-state index is 12.3. The fourth-order valence-electron chi connectivity index (χ4n) is 2.70. The van der Waals surface area contributed by atoms with Crippen LogP contribution >= 0.6 is 11.6 Å². The molecule has 2 N–H and O–H groups in total. The van der Waals surface area contributed by atoms with Crippen molar-refractivity contribution in [3.05, 3.63) is 64.9 Å². The van der Waals surface area contributed by atoms with E-state index in [1.54, 1.807) is 55.6 Å². The fraction of sp³-hybridized carbons (Fsp3) is 0.190. The second-order valence-corrected chi connectivity index (χ2v) is 6.52. The number of rotatable bonds is 7. The van der Waals surface area contributed by atoms with Crippen molar-refractivity contribution in [2.75, 3.05) is 19.0 Å². The zero-order valence-corrected chi connectivity index (χ0v) is 16.2. The van der Waals surface area contributed by atoms with Gasteiger partial charge in [-0.2, -0.15) is 0 Å². The Balaban J connectivity index is 1.71. The highest BCUT2D eigenvalue weighted by Crippen LogP contribution is 2.33. The summed E-state index contributed by atoms with van der Waals surface area (Å²) in [5.41, 5.74) is 2.08. The van der Waals surface area contributed by atoms with Crippen LogP contribution in [-0.4, -0.2) is 24.7 Å². The Labute approximate surface area is 167 Å². The molecule has 0 aliphatic heterocycles. The predicted octanol–water partition coefficient (Wildman–Crippen LogP) is 4.43. The number of aryl methyl sites for hydroxylation is 1. The molecule has 0 aliphatic carbocycles. The standard InChI is InChI=1S/C21H20ClNO5/c1-13-9-14(22)3-6-18(13)27-12-21(25)23-15-4-7-19(26-2)17(10-15)20-8-5-16(11-24)28-20/h3-10,24H,11-12H2,1-2H3,(H,23,25). The minimum Gasteiger partial charge on any atom is -0.496 e. The lowest BCUT2D eigenvalue weighted by Gasteiger charge is -2.12. The van der Waals surface area contributed by atoms with Gasteiger partial charge >= 0.3 is 0 Å². The Kier molecular flexibility index (Phi) is 6.23. The zero-order chi connectivity index (χ0) is 20.1. The van der Waals surface area contributed by atoms with Crippen molar-refractivity contribution >= 4 is 23.2 Å². The van der Waals surface area contributed by atoms with Gasteiger partial charge in [0.15, 0.2) is 6.61 Å². The third kappa shape index (κ3) is 4.65. The quantitative estimate of drug-likeness (QED) is 0.612. The Hall–Kier alpha value is -2.96. The third-order valence-electron chi connectivity index (χ3n) is 4.06. The van der Waals surface area contributed by atoms with Crippen LogP contribution in [-0.2, 0) is 11.4 Å². The largest absolute Gasteiger partial charge is 0.496 e. The van der Waals surface area contributed by atoms with Crippen LogP contribution in [0.25, 0.3) is 11.3 Å². The molecule has 28 heavy (non-hydrogen) atoms. The van der Waals surface area contributed by atoms with Crippen molar-refractivity contribution < 1.29 is 23.8 Å². The number of ether oxygens (including phenoxy) is 2. The SMILES string of the molecule is COc1ccc(NC(=O)COc2ccc(Cl)cc2C)cc1-c1ccc(CO)o1.